The van der Waals surface area contributed by atoms with E-state index in [-0.39, 0.29) is 0 Å². The van der Waals surface area contributed by atoms with Crippen molar-refractivity contribution in [2.75, 3.05) is 14.2 Å². The Morgan fingerprint density at radius 3 is 2.38 bits per heavy atom. The smallest absolute Gasteiger partial charge is 0.339 e. The lowest BCUT2D eigenvalue weighted by molar-refractivity contribution is 0.0592. The second-order valence-electron chi connectivity index (χ2n) is 4.49. The molecule has 5 heteroatoms. The topological polar surface area (TPSA) is 65.5 Å². The summed E-state index contributed by atoms with van der Waals surface area (Å²) in [6.07, 6.45) is 3.00. The maximum Gasteiger partial charge on any atom is 0.339 e. The number of aryl methyl sites for hydroxylation is 1. The molecule has 108 valence electrons. The van der Waals surface area contributed by atoms with E-state index in [0.717, 1.165) is 5.56 Å². The van der Waals surface area contributed by atoms with Crippen LogP contribution in [0.15, 0.2) is 36.7 Å². The molecule has 0 saturated heterocycles. The average molecular weight is 285 g/mol. The van der Waals surface area contributed by atoms with E-state index in [1.54, 1.807) is 24.4 Å². The molecule has 0 spiro atoms. The van der Waals surface area contributed by atoms with E-state index in [2.05, 4.69) is 9.72 Å². The summed E-state index contributed by atoms with van der Waals surface area (Å²) >= 11 is 0. The second kappa shape index (κ2) is 6.17. The number of esters is 2. The second-order valence-corrected chi connectivity index (χ2v) is 4.49. The summed E-state index contributed by atoms with van der Waals surface area (Å²) in [5, 5.41) is 0. The minimum atomic E-state index is -0.476. The Labute approximate surface area is 122 Å². The van der Waals surface area contributed by atoms with Gasteiger partial charge in [0.25, 0.3) is 0 Å². The summed E-state index contributed by atoms with van der Waals surface area (Å²) in [5.41, 5.74) is 3.01. The first-order valence-corrected chi connectivity index (χ1v) is 6.29. The maximum atomic E-state index is 11.9. The predicted octanol–water partition coefficient (Wildman–Crippen LogP) is 2.63. The van der Waals surface area contributed by atoms with Gasteiger partial charge < -0.3 is 9.47 Å². The summed E-state index contributed by atoms with van der Waals surface area (Å²) in [4.78, 5) is 27.5. The third kappa shape index (κ3) is 3.08. The molecular formula is C16H15NO4. The summed E-state index contributed by atoms with van der Waals surface area (Å²) in [7, 11) is 2.64. The summed E-state index contributed by atoms with van der Waals surface area (Å²) in [5.74, 6) is -0.909. The molecule has 0 N–H and O–H groups in total. The van der Waals surface area contributed by atoms with Crippen molar-refractivity contribution >= 4 is 11.9 Å². The largest absolute Gasteiger partial charge is 0.465 e. The average Bonchev–Trinajstić information content (AvgIpc) is 2.53. The fourth-order valence-corrected chi connectivity index (χ4v) is 2.01. The lowest BCUT2D eigenvalue weighted by Crippen LogP contribution is -2.05. The van der Waals surface area contributed by atoms with E-state index in [1.807, 2.05) is 13.0 Å². The lowest BCUT2D eigenvalue weighted by atomic mass is 9.98. The molecule has 1 aromatic heterocycles. The molecule has 5 nitrogen and oxygen atoms in total. The van der Waals surface area contributed by atoms with Crippen LogP contribution in [0.1, 0.15) is 26.3 Å². The van der Waals surface area contributed by atoms with E-state index in [9.17, 15) is 9.59 Å². The van der Waals surface area contributed by atoms with Crippen LogP contribution in [0.2, 0.25) is 0 Å². The monoisotopic (exact) mass is 285 g/mol. The van der Waals surface area contributed by atoms with Crippen LogP contribution in [-0.4, -0.2) is 31.1 Å². The summed E-state index contributed by atoms with van der Waals surface area (Å²) in [6.45, 7) is 1.89. The van der Waals surface area contributed by atoms with E-state index in [1.165, 1.54) is 20.4 Å². The Bertz CT molecular complexity index is 694. The fourth-order valence-electron chi connectivity index (χ4n) is 2.01. The zero-order valence-electron chi connectivity index (χ0n) is 12.0. The van der Waals surface area contributed by atoms with Crippen LogP contribution in [0.4, 0.5) is 0 Å². The third-order valence-electron chi connectivity index (χ3n) is 3.05. The van der Waals surface area contributed by atoms with Gasteiger partial charge in [-0.15, -0.1) is 0 Å². The summed E-state index contributed by atoms with van der Waals surface area (Å²) in [6, 6.07) is 7.06. The number of hydrogen-bond acceptors (Lipinski definition) is 5. The molecule has 0 amide bonds. The number of aromatic nitrogens is 1. The quantitative estimate of drug-likeness (QED) is 0.811. The first-order valence-electron chi connectivity index (χ1n) is 6.29. The van der Waals surface area contributed by atoms with Gasteiger partial charge in [0.2, 0.25) is 0 Å². The van der Waals surface area contributed by atoms with Gasteiger partial charge in [-0.3, -0.25) is 4.98 Å². The van der Waals surface area contributed by atoms with Crippen LogP contribution in [0, 0.1) is 6.92 Å². The van der Waals surface area contributed by atoms with Crippen LogP contribution in [-0.2, 0) is 9.47 Å². The standard InChI is InChI=1S/C16H15NO4/c1-10-4-5-13(14(6-10)16(19)21-3)11-7-12(9-17-8-11)15(18)20-2/h4-9H,1-3H3. The Kier molecular flexibility index (Phi) is 4.33. The van der Waals surface area contributed by atoms with E-state index >= 15 is 0 Å². The minimum absolute atomic E-state index is 0.325. The van der Waals surface area contributed by atoms with E-state index < -0.39 is 11.9 Å². The Hall–Kier alpha value is -2.69. The SMILES string of the molecule is COC(=O)c1cncc(-c2ccc(C)cc2C(=O)OC)c1. The highest BCUT2D eigenvalue weighted by Crippen LogP contribution is 2.25. The van der Waals surface area contributed by atoms with Gasteiger partial charge in [0.05, 0.1) is 25.3 Å². The van der Waals surface area contributed by atoms with Crippen molar-refractivity contribution in [2.24, 2.45) is 0 Å². The van der Waals surface area contributed by atoms with Crippen molar-refractivity contribution < 1.29 is 19.1 Å². The number of hydrogen-bond donors (Lipinski definition) is 0. The first-order chi connectivity index (χ1) is 10.1. The van der Waals surface area contributed by atoms with Crippen molar-refractivity contribution in [1.82, 2.24) is 4.98 Å². The molecule has 2 aromatic rings. The molecule has 0 radical (unpaired) electrons. The normalized spacial score (nSPS) is 10.0. The van der Waals surface area contributed by atoms with Crippen molar-refractivity contribution in [3.63, 3.8) is 0 Å². The van der Waals surface area contributed by atoms with Crippen LogP contribution < -0.4 is 0 Å². The number of carbonyl (C=O) groups excluding carboxylic acids is 2. The van der Waals surface area contributed by atoms with Crippen LogP contribution in [0.25, 0.3) is 11.1 Å². The molecule has 0 aliphatic carbocycles. The number of ether oxygens (including phenoxy) is 2. The molecule has 0 bridgehead atoms. The van der Waals surface area contributed by atoms with Crippen LogP contribution in [0.5, 0.6) is 0 Å². The molecule has 0 aliphatic heterocycles. The number of benzene rings is 1. The van der Waals surface area contributed by atoms with Gasteiger partial charge in [-0.2, -0.15) is 0 Å². The molecule has 0 atom stereocenters. The molecule has 1 aromatic carbocycles. The van der Waals surface area contributed by atoms with Crippen molar-refractivity contribution in [2.45, 2.75) is 6.92 Å². The Morgan fingerprint density at radius 2 is 1.71 bits per heavy atom. The maximum absolute atomic E-state index is 11.9. The van der Waals surface area contributed by atoms with Gasteiger partial charge in [0.1, 0.15) is 0 Å². The van der Waals surface area contributed by atoms with Gasteiger partial charge in [0, 0.05) is 18.0 Å². The number of methoxy groups -OCH3 is 2. The number of rotatable bonds is 3. The predicted molar refractivity (Wildman–Crippen MR) is 77.1 cm³/mol. The molecule has 21 heavy (non-hydrogen) atoms. The Morgan fingerprint density at radius 1 is 1.00 bits per heavy atom. The van der Waals surface area contributed by atoms with Crippen molar-refractivity contribution in [3.05, 3.63) is 53.3 Å². The van der Waals surface area contributed by atoms with Crippen molar-refractivity contribution in [1.29, 1.82) is 0 Å². The highest BCUT2D eigenvalue weighted by molar-refractivity contribution is 5.98. The van der Waals surface area contributed by atoms with Gasteiger partial charge in [-0.1, -0.05) is 17.7 Å². The molecule has 1 heterocycles. The number of pyridine rings is 1. The molecule has 0 fully saturated rings. The van der Waals surface area contributed by atoms with Crippen molar-refractivity contribution in [3.8, 4) is 11.1 Å². The molecule has 0 unspecified atom stereocenters. The fraction of sp³-hybridized carbons (Fsp3) is 0.188. The molecule has 2 rings (SSSR count). The third-order valence-corrected chi connectivity index (χ3v) is 3.05. The van der Waals surface area contributed by atoms with Gasteiger partial charge in [-0.25, -0.2) is 9.59 Å². The highest BCUT2D eigenvalue weighted by Gasteiger charge is 2.15. The molecule has 0 aliphatic rings. The van der Waals surface area contributed by atoms with Gasteiger partial charge in [-0.05, 0) is 24.6 Å². The van der Waals surface area contributed by atoms with E-state index in [4.69, 9.17) is 4.74 Å². The van der Waals surface area contributed by atoms with Gasteiger partial charge >= 0.3 is 11.9 Å². The molecular weight excluding hydrogens is 270 g/mol. The first kappa shape index (κ1) is 14.7. The molecule has 0 saturated carbocycles. The lowest BCUT2D eigenvalue weighted by Gasteiger charge is -2.10. The van der Waals surface area contributed by atoms with Crippen LogP contribution in [0.3, 0.4) is 0 Å². The van der Waals surface area contributed by atoms with Crippen LogP contribution >= 0.6 is 0 Å². The van der Waals surface area contributed by atoms with Gasteiger partial charge in [0.15, 0.2) is 0 Å². The zero-order valence-corrected chi connectivity index (χ0v) is 12.0. The zero-order chi connectivity index (χ0) is 15.4. The van der Waals surface area contributed by atoms with E-state index in [0.29, 0.717) is 22.3 Å². The number of carbonyl (C=O) groups is 2. The Balaban J connectivity index is 2.56. The highest BCUT2D eigenvalue weighted by atomic mass is 16.5. The minimum Gasteiger partial charge on any atom is -0.465 e. The number of nitrogens with zero attached hydrogens (tertiary/aromatic N) is 1. The summed E-state index contributed by atoms with van der Waals surface area (Å²) < 4.78 is 9.48.